The molecule has 98 valence electrons. The van der Waals surface area contributed by atoms with E-state index in [0.29, 0.717) is 13.2 Å². The van der Waals surface area contributed by atoms with E-state index in [-0.39, 0.29) is 11.6 Å². The normalized spacial score (nSPS) is 20.2. The highest BCUT2D eigenvalue weighted by Gasteiger charge is 2.37. The summed E-state index contributed by atoms with van der Waals surface area (Å²) in [5, 5.41) is 0. The van der Waals surface area contributed by atoms with Crippen LogP contribution in [0.15, 0.2) is 24.3 Å². The van der Waals surface area contributed by atoms with E-state index in [1.807, 2.05) is 25.7 Å². The van der Waals surface area contributed by atoms with Crippen molar-refractivity contribution in [1.29, 1.82) is 0 Å². The number of ether oxygens (including phenoxy) is 1. The van der Waals surface area contributed by atoms with Gasteiger partial charge in [0.25, 0.3) is 0 Å². The topological polar surface area (TPSA) is 29.5 Å². The van der Waals surface area contributed by atoms with Gasteiger partial charge in [-0.25, -0.2) is 4.39 Å². The molecule has 0 radical (unpaired) electrons. The quantitative estimate of drug-likeness (QED) is 0.809. The molecule has 0 bridgehead atoms. The molecule has 1 aromatic rings. The molecule has 1 aliphatic heterocycles. The Kier molecular flexibility index (Phi) is 3.39. The molecule has 1 heterocycles. The van der Waals surface area contributed by atoms with Crippen LogP contribution in [-0.2, 0) is 9.53 Å². The van der Waals surface area contributed by atoms with Crippen molar-refractivity contribution >= 4 is 11.5 Å². The summed E-state index contributed by atoms with van der Waals surface area (Å²) in [7, 11) is 0. The lowest BCUT2D eigenvalue weighted by molar-refractivity contribution is -0.135. The Morgan fingerprint density at radius 3 is 2.50 bits per heavy atom. The third kappa shape index (κ3) is 2.53. The van der Waals surface area contributed by atoms with Gasteiger partial charge in [-0.05, 0) is 24.3 Å². The second-order valence-corrected chi connectivity index (χ2v) is 5.51. The fourth-order valence-electron chi connectivity index (χ4n) is 1.95. The number of carbonyl (C=O) groups is 1. The number of ketones is 1. The van der Waals surface area contributed by atoms with Crippen molar-refractivity contribution in [3.8, 4) is 0 Å². The Hall–Kier alpha value is -1.42. The molecule has 0 amide bonds. The molecule has 1 aromatic carbocycles. The van der Waals surface area contributed by atoms with Crippen LogP contribution in [0.2, 0.25) is 0 Å². The molecule has 0 aliphatic carbocycles. The summed E-state index contributed by atoms with van der Waals surface area (Å²) < 4.78 is 18.4. The van der Waals surface area contributed by atoms with Crippen LogP contribution in [0.25, 0.3) is 0 Å². The molecular formula is C14H18FNO2. The maximum absolute atomic E-state index is 12.9. The van der Waals surface area contributed by atoms with Gasteiger partial charge in [0.2, 0.25) is 0 Å². The minimum Gasteiger partial charge on any atom is -0.349 e. The third-order valence-electron chi connectivity index (χ3n) is 3.01. The van der Waals surface area contributed by atoms with E-state index >= 15 is 0 Å². The van der Waals surface area contributed by atoms with Crippen LogP contribution in [0.4, 0.5) is 10.1 Å². The largest absolute Gasteiger partial charge is 0.349 e. The average Bonchev–Trinajstić information content (AvgIpc) is 2.76. The van der Waals surface area contributed by atoms with Crippen molar-refractivity contribution in [3.05, 3.63) is 30.1 Å². The van der Waals surface area contributed by atoms with E-state index in [1.54, 1.807) is 12.1 Å². The fourth-order valence-corrected chi connectivity index (χ4v) is 1.95. The zero-order valence-electron chi connectivity index (χ0n) is 10.9. The van der Waals surface area contributed by atoms with E-state index in [9.17, 15) is 9.18 Å². The molecule has 1 unspecified atom stereocenters. The van der Waals surface area contributed by atoms with Crippen molar-refractivity contribution in [3.63, 3.8) is 0 Å². The summed E-state index contributed by atoms with van der Waals surface area (Å²) in [5.41, 5.74) is 0.365. The van der Waals surface area contributed by atoms with Gasteiger partial charge in [0.1, 0.15) is 5.82 Å². The summed E-state index contributed by atoms with van der Waals surface area (Å²) in [6.07, 6.45) is -0.560. The predicted octanol–water partition coefficient (Wildman–Crippen LogP) is 2.60. The first-order valence-electron chi connectivity index (χ1n) is 6.08. The van der Waals surface area contributed by atoms with Gasteiger partial charge < -0.3 is 9.64 Å². The maximum Gasteiger partial charge on any atom is 0.190 e. The lowest BCUT2D eigenvalue weighted by Crippen LogP contribution is -2.42. The zero-order valence-corrected chi connectivity index (χ0v) is 10.9. The molecule has 4 heteroatoms. The number of anilines is 1. The van der Waals surface area contributed by atoms with Crippen molar-refractivity contribution in [2.75, 3.05) is 18.1 Å². The number of carbonyl (C=O) groups excluding carboxylic acids is 1. The van der Waals surface area contributed by atoms with Crippen molar-refractivity contribution in [2.45, 2.75) is 27.0 Å². The summed E-state index contributed by atoms with van der Waals surface area (Å²) >= 11 is 0. The summed E-state index contributed by atoms with van der Waals surface area (Å²) in [6, 6.07) is 6.14. The molecule has 1 aliphatic rings. The van der Waals surface area contributed by atoms with Crippen LogP contribution >= 0.6 is 0 Å². The second kappa shape index (κ2) is 4.69. The second-order valence-electron chi connectivity index (χ2n) is 5.51. The molecule has 0 spiro atoms. The van der Waals surface area contributed by atoms with Crippen LogP contribution in [0.5, 0.6) is 0 Å². The first-order valence-corrected chi connectivity index (χ1v) is 6.08. The summed E-state index contributed by atoms with van der Waals surface area (Å²) in [6.45, 7) is 6.79. The van der Waals surface area contributed by atoms with Crippen LogP contribution in [0.1, 0.15) is 20.8 Å². The van der Waals surface area contributed by atoms with E-state index in [1.165, 1.54) is 12.1 Å². The van der Waals surface area contributed by atoms with Gasteiger partial charge in [0.15, 0.2) is 12.0 Å². The summed E-state index contributed by atoms with van der Waals surface area (Å²) in [5.74, 6) is -0.234. The lowest BCUT2D eigenvalue weighted by Gasteiger charge is -2.29. The highest BCUT2D eigenvalue weighted by molar-refractivity contribution is 5.90. The Bertz CT molecular complexity index is 436. The van der Waals surface area contributed by atoms with E-state index in [2.05, 4.69) is 0 Å². The number of Topliss-reactive ketones (excluding diaryl/α,β-unsaturated/α-hetero) is 1. The summed E-state index contributed by atoms with van der Waals surface area (Å²) in [4.78, 5) is 14.2. The van der Waals surface area contributed by atoms with E-state index in [4.69, 9.17) is 4.74 Å². The first-order chi connectivity index (χ1) is 8.39. The molecule has 1 fully saturated rings. The monoisotopic (exact) mass is 251 g/mol. The number of hydrogen-bond acceptors (Lipinski definition) is 3. The number of halogens is 1. The molecular weight excluding hydrogens is 233 g/mol. The van der Waals surface area contributed by atoms with Gasteiger partial charge in [0.05, 0.1) is 6.61 Å². The maximum atomic E-state index is 12.9. The molecule has 1 atom stereocenters. The van der Waals surface area contributed by atoms with Crippen LogP contribution in [0, 0.1) is 11.2 Å². The Morgan fingerprint density at radius 1 is 1.33 bits per heavy atom. The average molecular weight is 251 g/mol. The minimum absolute atomic E-state index is 0.0457. The first kappa shape index (κ1) is 13.0. The number of nitrogens with zero attached hydrogens (tertiary/aromatic N) is 1. The zero-order chi connectivity index (χ0) is 13.3. The molecule has 0 N–H and O–H groups in total. The highest BCUT2D eigenvalue weighted by Crippen LogP contribution is 2.27. The van der Waals surface area contributed by atoms with Crippen molar-refractivity contribution in [2.24, 2.45) is 5.41 Å². The molecule has 0 saturated carbocycles. The van der Waals surface area contributed by atoms with Crippen molar-refractivity contribution in [1.82, 2.24) is 0 Å². The predicted molar refractivity (Wildman–Crippen MR) is 67.9 cm³/mol. The third-order valence-corrected chi connectivity index (χ3v) is 3.01. The van der Waals surface area contributed by atoms with Gasteiger partial charge in [-0.3, -0.25) is 4.79 Å². The SMILES string of the molecule is CC(C)(C)C(=O)C1OCCN1c1ccc(F)cc1. The molecule has 1 saturated heterocycles. The fraction of sp³-hybridized carbons (Fsp3) is 0.500. The smallest absolute Gasteiger partial charge is 0.190 e. The Balaban J connectivity index is 2.22. The molecule has 3 nitrogen and oxygen atoms in total. The standard InChI is InChI=1S/C14H18FNO2/c1-14(2,3)12(17)13-16(8-9-18-13)11-6-4-10(15)5-7-11/h4-7,13H,8-9H2,1-3H3. The molecule has 2 rings (SSSR count). The van der Waals surface area contributed by atoms with E-state index < -0.39 is 11.6 Å². The minimum atomic E-state index is -0.560. The van der Waals surface area contributed by atoms with Crippen LogP contribution in [-0.4, -0.2) is 25.2 Å². The van der Waals surface area contributed by atoms with Gasteiger partial charge in [-0.2, -0.15) is 0 Å². The number of rotatable bonds is 2. The lowest BCUT2D eigenvalue weighted by atomic mass is 9.89. The Labute approximate surface area is 107 Å². The van der Waals surface area contributed by atoms with Gasteiger partial charge in [-0.15, -0.1) is 0 Å². The highest BCUT2D eigenvalue weighted by atomic mass is 19.1. The van der Waals surface area contributed by atoms with Crippen LogP contribution in [0.3, 0.4) is 0 Å². The Morgan fingerprint density at radius 2 is 1.94 bits per heavy atom. The van der Waals surface area contributed by atoms with Gasteiger partial charge >= 0.3 is 0 Å². The van der Waals surface area contributed by atoms with Crippen molar-refractivity contribution < 1.29 is 13.9 Å². The van der Waals surface area contributed by atoms with Crippen LogP contribution < -0.4 is 4.90 Å². The molecule has 18 heavy (non-hydrogen) atoms. The molecule has 0 aromatic heterocycles. The number of benzene rings is 1. The van der Waals surface area contributed by atoms with E-state index in [0.717, 1.165) is 5.69 Å². The van der Waals surface area contributed by atoms with Gasteiger partial charge in [0, 0.05) is 17.6 Å². The number of hydrogen-bond donors (Lipinski definition) is 0. The van der Waals surface area contributed by atoms with Gasteiger partial charge in [-0.1, -0.05) is 20.8 Å².